The average Bonchev–Trinajstić information content (AvgIpc) is 3.46. The Morgan fingerprint density at radius 2 is 1.87 bits per heavy atom. The summed E-state index contributed by atoms with van der Waals surface area (Å²) >= 11 is 0. The van der Waals surface area contributed by atoms with Crippen molar-refractivity contribution in [1.29, 1.82) is 0 Å². The van der Waals surface area contributed by atoms with Crippen LogP contribution in [-0.2, 0) is 16.0 Å². The van der Waals surface area contributed by atoms with Crippen molar-refractivity contribution in [2.45, 2.75) is 30.9 Å². The second-order valence-electron chi connectivity index (χ2n) is 8.14. The van der Waals surface area contributed by atoms with Gasteiger partial charge in [0.15, 0.2) is 17.1 Å². The van der Waals surface area contributed by atoms with Crippen molar-refractivity contribution in [3.63, 3.8) is 0 Å². The van der Waals surface area contributed by atoms with E-state index in [1.807, 2.05) is 0 Å². The first-order chi connectivity index (χ1) is 14.9. The topological polar surface area (TPSA) is 119 Å². The molecular formula is C21H20FN5O4. The number of halogens is 1. The molecule has 1 saturated carbocycles. The third kappa shape index (κ3) is 3.37. The quantitative estimate of drug-likeness (QED) is 0.716. The molecule has 10 heteroatoms. The Balaban J connectivity index is 1.29. The number of hydrogen-bond acceptors (Lipinski definition) is 7. The van der Waals surface area contributed by atoms with Gasteiger partial charge in [0, 0.05) is 43.6 Å². The molecule has 2 amide bonds. The summed E-state index contributed by atoms with van der Waals surface area (Å²) in [7, 11) is 0. The fraction of sp³-hybridized carbons (Fsp3) is 0.381. The number of primary amides is 1. The van der Waals surface area contributed by atoms with Crippen molar-refractivity contribution in [2.24, 2.45) is 5.73 Å². The van der Waals surface area contributed by atoms with Crippen LogP contribution in [0.5, 0.6) is 0 Å². The van der Waals surface area contributed by atoms with E-state index in [9.17, 15) is 18.8 Å². The van der Waals surface area contributed by atoms with Gasteiger partial charge in [0.2, 0.25) is 0 Å². The highest BCUT2D eigenvalue weighted by Gasteiger charge is 2.53. The first-order valence-corrected chi connectivity index (χ1v) is 10.1. The molecule has 1 aromatic carbocycles. The number of amides is 2. The lowest BCUT2D eigenvalue weighted by Gasteiger charge is -2.38. The number of anilines is 1. The molecule has 0 spiro atoms. The molecule has 160 valence electrons. The van der Waals surface area contributed by atoms with E-state index in [1.54, 1.807) is 11.0 Å². The molecule has 2 N–H and O–H groups in total. The molecular weight excluding hydrogens is 405 g/mol. The number of esters is 1. The zero-order chi connectivity index (χ0) is 21.8. The number of nitrogens with two attached hydrogens (primary N) is 1. The molecule has 31 heavy (non-hydrogen) atoms. The Hall–Kier alpha value is -3.56. The van der Waals surface area contributed by atoms with E-state index in [0.29, 0.717) is 50.3 Å². The summed E-state index contributed by atoms with van der Waals surface area (Å²) in [4.78, 5) is 40.5. The fourth-order valence-electron chi connectivity index (χ4n) is 4.18. The maximum absolute atomic E-state index is 13.1. The van der Waals surface area contributed by atoms with Crippen molar-refractivity contribution in [3.8, 4) is 0 Å². The SMILES string of the molecule is NC(=O)C1(OC(=O)c2cc3c(nn2)N2CCN(C(=O)c4ccc(F)cc4)CC2C3)CC1. The number of nitrogens with zero attached hydrogens (tertiary/aromatic N) is 4. The van der Waals surface area contributed by atoms with Crippen LogP contribution in [0.3, 0.4) is 0 Å². The summed E-state index contributed by atoms with van der Waals surface area (Å²) in [5.74, 6) is -1.22. The van der Waals surface area contributed by atoms with Crippen LogP contribution in [0.4, 0.5) is 10.2 Å². The van der Waals surface area contributed by atoms with Crippen LogP contribution in [-0.4, -0.2) is 64.2 Å². The van der Waals surface area contributed by atoms with E-state index < -0.39 is 17.5 Å². The smallest absolute Gasteiger partial charge is 0.359 e. The van der Waals surface area contributed by atoms with Gasteiger partial charge in [-0.1, -0.05) is 0 Å². The van der Waals surface area contributed by atoms with Crippen LogP contribution in [0.15, 0.2) is 30.3 Å². The van der Waals surface area contributed by atoms with Gasteiger partial charge in [0.05, 0.1) is 6.04 Å². The van der Waals surface area contributed by atoms with Gasteiger partial charge in [-0.05, 0) is 36.8 Å². The molecule has 0 bridgehead atoms. The van der Waals surface area contributed by atoms with Crippen LogP contribution in [0, 0.1) is 5.82 Å². The summed E-state index contributed by atoms with van der Waals surface area (Å²) in [6, 6.07) is 7.15. The first-order valence-electron chi connectivity index (χ1n) is 10.1. The lowest BCUT2D eigenvalue weighted by molar-refractivity contribution is -0.128. The molecule has 1 saturated heterocycles. The van der Waals surface area contributed by atoms with Crippen LogP contribution >= 0.6 is 0 Å². The van der Waals surface area contributed by atoms with Crippen molar-refractivity contribution >= 4 is 23.6 Å². The largest absolute Gasteiger partial charge is 0.444 e. The van der Waals surface area contributed by atoms with Gasteiger partial charge in [0.1, 0.15) is 5.82 Å². The third-order valence-corrected chi connectivity index (χ3v) is 6.09. The lowest BCUT2D eigenvalue weighted by Crippen LogP contribution is -2.53. The number of carbonyl (C=O) groups is 3. The molecule has 3 heterocycles. The zero-order valence-electron chi connectivity index (χ0n) is 16.6. The highest BCUT2D eigenvalue weighted by molar-refractivity contribution is 5.95. The second-order valence-corrected chi connectivity index (χ2v) is 8.14. The molecule has 2 fully saturated rings. The van der Waals surface area contributed by atoms with Crippen LogP contribution in [0.1, 0.15) is 39.3 Å². The number of fused-ring (bicyclic) bond motifs is 3. The van der Waals surface area contributed by atoms with Gasteiger partial charge in [-0.2, -0.15) is 0 Å². The molecule has 2 aromatic rings. The Kier molecular flexibility index (Phi) is 4.38. The predicted molar refractivity (Wildman–Crippen MR) is 106 cm³/mol. The van der Waals surface area contributed by atoms with Crippen LogP contribution < -0.4 is 10.6 Å². The summed E-state index contributed by atoms with van der Waals surface area (Å²) in [6.07, 6.45) is 1.43. The van der Waals surface area contributed by atoms with E-state index in [0.717, 1.165) is 5.56 Å². The number of hydrogen-bond donors (Lipinski definition) is 1. The van der Waals surface area contributed by atoms with Crippen LogP contribution in [0.2, 0.25) is 0 Å². The summed E-state index contributed by atoms with van der Waals surface area (Å²) in [5, 5.41) is 8.20. The van der Waals surface area contributed by atoms with Crippen molar-refractivity contribution in [1.82, 2.24) is 15.1 Å². The summed E-state index contributed by atoms with van der Waals surface area (Å²) in [6.45, 7) is 1.56. The van der Waals surface area contributed by atoms with E-state index in [2.05, 4.69) is 15.1 Å². The van der Waals surface area contributed by atoms with Gasteiger partial charge in [-0.25, -0.2) is 9.18 Å². The van der Waals surface area contributed by atoms with Crippen molar-refractivity contribution < 1.29 is 23.5 Å². The molecule has 5 rings (SSSR count). The lowest BCUT2D eigenvalue weighted by atomic mass is 10.1. The Bertz CT molecular complexity index is 1090. The third-order valence-electron chi connectivity index (χ3n) is 6.09. The normalized spacial score (nSPS) is 20.6. The van der Waals surface area contributed by atoms with E-state index in [-0.39, 0.29) is 23.5 Å². The van der Waals surface area contributed by atoms with E-state index in [1.165, 1.54) is 24.3 Å². The minimum atomic E-state index is -1.21. The number of carbonyl (C=O) groups excluding carboxylic acids is 3. The molecule has 1 unspecified atom stereocenters. The maximum atomic E-state index is 13.1. The molecule has 1 aromatic heterocycles. The highest BCUT2D eigenvalue weighted by atomic mass is 19.1. The molecule has 1 atom stereocenters. The molecule has 9 nitrogen and oxygen atoms in total. The Labute approximate surface area is 177 Å². The number of rotatable bonds is 4. The molecule has 3 aliphatic rings. The second kappa shape index (κ2) is 7.00. The fourth-order valence-corrected chi connectivity index (χ4v) is 4.18. The predicted octanol–water partition coefficient (Wildman–Crippen LogP) is 0.677. The first kappa shape index (κ1) is 19.4. The highest BCUT2D eigenvalue weighted by Crippen LogP contribution is 2.40. The molecule has 2 aliphatic heterocycles. The summed E-state index contributed by atoms with van der Waals surface area (Å²) in [5.41, 5.74) is 5.41. The van der Waals surface area contributed by atoms with Gasteiger partial charge in [-0.3, -0.25) is 9.59 Å². The maximum Gasteiger partial charge on any atom is 0.359 e. The zero-order valence-corrected chi connectivity index (χ0v) is 16.6. The number of benzene rings is 1. The van der Waals surface area contributed by atoms with E-state index >= 15 is 0 Å². The standard InChI is InChI=1S/C21H20FN5O4/c22-14-3-1-12(2-4-14)18(28)26-7-8-27-15(11-26)9-13-10-16(24-25-17(13)27)19(29)31-21(5-6-21)20(23)30/h1-4,10,15H,5-9,11H2,(H2,23,30). The van der Waals surface area contributed by atoms with Gasteiger partial charge in [-0.15, -0.1) is 10.2 Å². The van der Waals surface area contributed by atoms with Gasteiger partial charge in [0.25, 0.3) is 11.8 Å². The molecule has 0 radical (unpaired) electrons. The van der Waals surface area contributed by atoms with Crippen LogP contribution in [0.25, 0.3) is 0 Å². The number of aromatic nitrogens is 2. The van der Waals surface area contributed by atoms with Crippen molar-refractivity contribution in [3.05, 3.63) is 53.0 Å². The Morgan fingerprint density at radius 3 is 2.55 bits per heavy atom. The number of piperazine rings is 1. The molecule has 1 aliphatic carbocycles. The van der Waals surface area contributed by atoms with Crippen molar-refractivity contribution in [2.75, 3.05) is 24.5 Å². The Morgan fingerprint density at radius 1 is 1.13 bits per heavy atom. The van der Waals surface area contributed by atoms with E-state index in [4.69, 9.17) is 10.5 Å². The monoisotopic (exact) mass is 425 g/mol. The summed E-state index contributed by atoms with van der Waals surface area (Å²) < 4.78 is 18.4. The van der Waals surface area contributed by atoms with Gasteiger partial charge < -0.3 is 20.3 Å². The average molecular weight is 425 g/mol. The van der Waals surface area contributed by atoms with Gasteiger partial charge >= 0.3 is 5.97 Å². The number of ether oxygens (including phenoxy) is 1. The minimum Gasteiger partial charge on any atom is -0.444 e. The minimum absolute atomic E-state index is 0.00844.